The van der Waals surface area contributed by atoms with E-state index in [0.717, 1.165) is 11.3 Å². The van der Waals surface area contributed by atoms with Crippen LogP contribution >= 0.6 is 0 Å². The lowest BCUT2D eigenvalue weighted by Gasteiger charge is -2.35. The molecule has 0 N–H and O–H groups in total. The third-order valence-electron chi connectivity index (χ3n) is 5.00. The molecule has 4 rings (SSSR count). The number of benzene rings is 2. The molecule has 0 bridgehead atoms. The molecule has 0 radical (unpaired) electrons. The molecule has 1 saturated heterocycles. The van der Waals surface area contributed by atoms with Gasteiger partial charge in [0.05, 0.1) is 0 Å². The molecule has 3 aromatic rings. The van der Waals surface area contributed by atoms with Gasteiger partial charge >= 0.3 is 0 Å². The maximum absolute atomic E-state index is 13.1. The van der Waals surface area contributed by atoms with Crippen LogP contribution in [0.4, 0.5) is 10.1 Å². The Bertz CT molecular complexity index is 1060. The van der Waals surface area contributed by atoms with Crippen molar-refractivity contribution in [2.45, 2.75) is 6.61 Å². The SMILES string of the molecule is O=C(c1cc(=O)c(OCc2ccccc2)co1)N1CCN(c2ccc(F)cc2)CC1. The van der Waals surface area contributed by atoms with E-state index in [2.05, 4.69) is 4.90 Å². The highest BCUT2D eigenvalue weighted by Crippen LogP contribution is 2.18. The average molecular weight is 408 g/mol. The smallest absolute Gasteiger partial charge is 0.289 e. The lowest BCUT2D eigenvalue weighted by molar-refractivity contribution is 0.0711. The molecule has 2 aromatic carbocycles. The highest BCUT2D eigenvalue weighted by Gasteiger charge is 2.24. The summed E-state index contributed by atoms with van der Waals surface area (Å²) < 4.78 is 24.0. The summed E-state index contributed by atoms with van der Waals surface area (Å²) in [6.07, 6.45) is 1.19. The summed E-state index contributed by atoms with van der Waals surface area (Å²) in [5, 5.41) is 0. The lowest BCUT2D eigenvalue weighted by atomic mass is 10.2. The number of carbonyl (C=O) groups excluding carboxylic acids is 1. The lowest BCUT2D eigenvalue weighted by Crippen LogP contribution is -2.48. The maximum Gasteiger partial charge on any atom is 0.289 e. The maximum atomic E-state index is 13.1. The molecule has 1 aliphatic rings. The van der Waals surface area contributed by atoms with E-state index in [-0.39, 0.29) is 29.8 Å². The van der Waals surface area contributed by atoms with Gasteiger partial charge in [0.2, 0.25) is 11.2 Å². The van der Waals surface area contributed by atoms with E-state index in [1.165, 1.54) is 24.5 Å². The number of hydrogen-bond acceptors (Lipinski definition) is 5. The number of piperazine rings is 1. The van der Waals surface area contributed by atoms with Gasteiger partial charge in [-0.25, -0.2) is 4.39 Å². The first kappa shape index (κ1) is 19.7. The predicted octanol–water partition coefficient (Wildman–Crippen LogP) is 3.32. The Morgan fingerprint density at radius 2 is 1.70 bits per heavy atom. The quantitative estimate of drug-likeness (QED) is 0.648. The van der Waals surface area contributed by atoms with E-state index in [1.54, 1.807) is 17.0 Å². The number of ether oxygens (including phenoxy) is 1. The zero-order chi connectivity index (χ0) is 20.9. The number of halogens is 1. The van der Waals surface area contributed by atoms with Crippen LogP contribution < -0.4 is 15.1 Å². The molecule has 2 heterocycles. The van der Waals surface area contributed by atoms with Crippen molar-refractivity contribution in [1.82, 2.24) is 4.90 Å². The molecule has 6 nitrogen and oxygen atoms in total. The van der Waals surface area contributed by atoms with Crippen LogP contribution in [-0.4, -0.2) is 37.0 Å². The first-order valence-corrected chi connectivity index (χ1v) is 9.69. The number of nitrogens with zero attached hydrogens (tertiary/aromatic N) is 2. The highest BCUT2D eigenvalue weighted by atomic mass is 19.1. The van der Waals surface area contributed by atoms with Crippen molar-refractivity contribution in [3.63, 3.8) is 0 Å². The Balaban J connectivity index is 1.36. The topological polar surface area (TPSA) is 63.0 Å². The fourth-order valence-electron chi connectivity index (χ4n) is 3.33. The largest absolute Gasteiger partial charge is 0.482 e. The molecule has 1 aromatic heterocycles. The zero-order valence-electron chi connectivity index (χ0n) is 16.3. The van der Waals surface area contributed by atoms with E-state index in [1.807, 2.05) is 30.3 Å². The van der Waals surface area contributed by atoms with Crippen LogP contribution in [0.1, 0.15) is 16.1 Å². The van der Waals surface area contributed by atoms with E-state index in [4.69, 9.17) is 9.15 Å². The van der Waals surface area contributed by atoms with Gasteiger partial charge in [0.1, 0.15) is 18.7 Å². The van der Waals surface area contributed by atoms with Crippen LogP contribution in [0.2, 0.25) is 0 Å². The second-order valence-electron chi connectivity index (χ2n) is 7.00. The Morgan fingerprint density at radius 1 is 1.00 bits per heavy atom. The van der Waals surface area contributed by atoms with Crippen LogP contribution in [0.3, 0.4) is 0 Å². The highest BCUT2D eigenvalue weighted by molar-refractivity contribution is 5.91. The zero-order valence-corrected chi connectivity index (χ0v) is 16.3. The van der Waals surface area contributed by atoms with E-state index in [9.17, 15) is 14.0 Å². The van der Waals surface area contributed by atoms with E-state index >= 15 is 0 Å². The Labute approximate surface area is 173 Å². The van der Waals surface area contributed by atoms with Crippen molar-refractivity contribution >= 4 is 11.6 Å². The van der Waals surface area contributed by atoms with Crippen molar-refractivity contribution in [2.75, 3.05) is 31.1 Å². The number of carbonyl (C=O) groups is 1. The normalized spacial score (nSPS) is 13.9. The number of rotatable bonds is 5. The molecule has 0 saturated carbocycles. The third-order valence-corrected chi connectivity index (χ3v) is 5.00. The summed E-state index contributed by atoms with van der Waals surface area (Å²) in [6, 6.07) is 16.9. The van der Waals surface area contributed by atoms with Crippen LogP contribution in [0, 0.1) is 5.82 Å². The van der Waals surface area contributed by atoms with Crippen molar-refractivity contribution in [3.05, 3.63) is 94.3 Å². The minimum atomic E-state index is -0.398. The van der Waals surface area contributed by atoms with Gasteiger partial charge in [0, 0.05) is 37.9 Å². The minimum Gasteiger partial charge on any atom is -0.482 e. The van der Waals surface area contributed by atoms with Gasteiger partial charge in [-0.1, -0.05) is 30.3 Å². The summed E-state index contributed by atoms with van der Waals surface area (Å²) in [5.41, 5.74) is 1.44. The van der Waals surface area contributed by atoms with Gasteiger partial charge < -0.3 is 19.0 Å². The van der Waals surface area contributed by atoms with Gasteiger partial charge in [-0.2, -0.15) is 0 Å². The van der Waals surface area contributed by atoms with Crippen LogP contribution in [-0.2, 0) is 6.61 Å². The summed E-state index contributed by atoms with van der Waals surface area (Å²) in [4.78, 5) is 28.8. The second-order valence-corrected chi connectivity index (χ2v) is 7.00. The Kier molecular flexibility index (Phi) is 5.79. The second kappa shape index (κ2) is 8.82. The number of amides is 1. The summed E-state index contributed by atoms with van der Waals surface area (Å²) in [6.45, 7) is 2.42. The molecule has 0 aliphatic carbocycles. The first-order chi connectivity index (χ1) is 14.6. The van der Waals surface area contributed by atoms with Crippen molar-refractivity contribution in [2.24, 2.45) is 0 Å². The van der Waals surface area contributed by atoms with Gasteiger partial charge in [0.15, 0.2) is 5.76 Å². The molecule has 1 fully saturated rings. The van der Waals surface area contributed by atoms with Crippen molar-refractivity contribution in [1.29, 1.82) is 0 Å². The molecule has 1 amide bonds. The van der Waals surface area contributed by atoms with Gasteiger partial charge in [-0.3, -0.25) is 9.59 Å². The van der Waals surface area contributed by atoms with E-state index < -0.39 is 5.43 Å². The monoisotopic (exact) mass is 408 g/mol. The van der Waals surface area contributed by atoms with Gasteiger partial charge in [-0.05, 0) is 29.8 Å². The molecule has 0 atom stereocenters. The summed E-state index contributed by atoms with van der Waals surface area (Å²) in [7, 11) is 0. The molecule has 30 heavy (non-hydrogen) atoms. The molecule has 154 valence electrons. The number of hydrogen-bond donors (Lipinski definition) is 0. The van der Waals surface area contributed by atoms with Crippen LogP contribution in [0.5, 0.6) is 5.75 Å². The molecule has 0 spiro atoms. The Hall–Kier alpha value is -3.61. The fraction of sp³-hybridized carbons (Fsp3) is 0.217. The molecular formula is C23H21FN2O4. The average Bonchev–Trinajstić information content (AvgIpc) is 2.79. The molecule has 0 unspecified atom stereocenters. The van der Waals surface area contributed by atoms with Crippen molar-refractivity contribution in [3.8, 4) is 5.75 Å². The Morgan fingerprint density at radius 3 is 2.37 bits per heavy atom. The van der Waals surface area contributed by atoms with Crippen LogP contribution in [0.25, 0.3) is 0 Å². The number of anilines is 1. The first-order valence-electron chi connectivity index (χ1n) is 9.69. The standard InChI is InChI=1S/C23H21FN2O4/c24-18-6-8-19(9-7-18)25-10-12-26(13-11-25)23(28)21-14-20(27)22(16-30-21)29-15-17-4-2-1-3-5-17/h1-9,14,16H,10-13,15H2. The van der Waals surface area contributed by atoms with Crippen molar-refractivity contribution < 1.29 is 18.3 Å². The van der Waals surface area contributed by atoms with Gasteiger partial charge in [0.25, 0.3) is 5.91 Å². The van der Waals surface area contributed by atoms with E-state index in [0.29, 0.717) is 26.2 Å². The molecule has 7 heteroatoms. The van der Waals surface area contributed by atoms with Gasteiger partial charge in [-0.15, -0.1) is 0 Å². The molecular weight excluding hydrogens is 387 g/mol. The van der Waals surface area contributed by atoms with Crippen LogP contribution in [0.15, 0.2) is 76.1 Å². The summed E-state index contributed by atoms with van der Waals surface area (Å²) >= 11 is 0. The predicted molar refractivity (Wildman–Crippen MR) is 110 cm³/mol. The fourth-order valence-corrected chi connectivity index (χ4v) is 3.33. The summed E-state index contributed by atoms with van der Waals surface area (Å²) in [5.74, 6) is -0.557. The minimum absolute atomic E-state index is 0.0118. The molecule has 1 aliphatic heterocycles. The third kappa shape index (κ3) is 4.51.